The van der Waals surface area contributed by atoms with Gasteiger partial charge in [-0.2, -0.15) is 71.8 Å². The second-order valence-electron chi connectivity index (χ2n) is 4.98. The summed E-state index contributed by atoms with van der Waals surface area (Å²) in [5.74, 6) is 0. The normalized spacial score (nSPS) is 7.50. The van der Waals surface area contributed by atoms with Crippen LogP contribution in [-0.2, 0) is 131 Å². The summed E-state index contributed by atoms with van der Waals surface area (Å²) in [6.45, 7) is 14.6. The minimum Gasteiger partial charge on any atom is -0.344 e. The summed E-state index contributed by atoms with van der Waals surface area (Å²) >= 11 is 0. The number of aryl methyl sites for hydroxylation is 2. The largest absolute Gasteiger partial charge is 0.344 e. The first-order chi connectivity index (χ1) is 11.7. The number of hydrogen-bond donors (Lipinski definition) is 0. The molecule has 0 spiro atoms. The first kappa shape index (κ1) is 36.9. The van der Waals surface area contributed by atoms with Crippen LogP contribution in [0, 0.1) is 51.3 Å². The summed E-state index contributed by atoms with van der Waals surface area (Å²) in [4.78, 5) is 0. The van der Waals surface area contributed by atoms with Gasteiger partial charge in [0.25, 0.3) is 0 Å². The molecule has 0 bridgehead atoms. The molecule has 3 aromatic rings. The molecule has 0 aliphatic heterocycles. The van der Waals surface area contributed by atoms with E-state index in [1.807, 2.05) is 48.5 Å². The van der Waals surface area contributed by atoms with Crippen LogP contribution in [0.25, 0.3) is 12.2 Å². The van der Waals surface area contributed by atoms with Crippen LogP contribution in [0.4, 0.5) is 0 Å². The van der Waals surface area contributed by atoms with Gasteiger partial charge in [-0.1, -0.05) is 13.8 Å². The van der Waals surface area contributed by atoms with E-state index in [0.29, 0.717) is 0 Å². The molecule has 3 rings (SSSR count). The third-order valence-electron chi connectivity index (χ3n) is 2.92. The van der Waals surface area contributed by atoms with Crippen molar-refractivity contribution in [2.45, 2.75) is 13.8 Å². The topological polar surface area (TPSA) is 0 Å². The predicted octanol–water partition coefficient (Wildman–Crippen LogP) is 5.76. The van der Waals surface area contributed by atoms with Crippen molar-refractivity contribution in [2.24, 2.45) is 0 Å². The zero-order chi connectivity index (χ0) is 17.6. The average molecular weight is 664 g/mol. The Hall–Kier alpha value is 1.56. The minimum atomic E-state index is 0. The summed E-state index contributed by atoms with van der Waals surface area (Å²) in [5.41, 5.74) is 4.23. The average Bonchev–Trinajstić information content (AvgIpc) is 2.64. The Morgan fingerprint density at radius 1 is 0.607 bits per heavy atom. The molecule has 28 heavy (non-hydrogen) atoms. The van der Waals surface area contributed by atoms with Gasteiger partial charge >= 0.3 is 0 Å². The summed E-state index contributed by atoms with van der Waals surface area (Å²) in [6, 6.07) is 30.9. The van der Waals surface area contributed by atoms with E-state index < -0.39 is 0 Å². The van der Waals surface area contributed by atoms with Crippen molar-refractivity contribution in [3.63, 3.8) is 0 Å². The molecule has 0 amide bonds. The molecule has 0 saturated heterocycles. The smallest absolute Gasteiger partial charge is 0 e. The molecular formula is C24H20Y4-6. The fraction of sp³-hybridized carbons (Fsp3) is 0.0833. The van der Waals surface area contributed by atoms with Crippen LogP contribution in [0.3, 0.4) is 0 Å². The molecule has 0 nitrogen and oxygen atoms in total. The zero-order valence-corrected chi connectivity index (χ0v) is 27.7. The van der Waals surface area contributed by atoms with E-state index in [4.69, 9.17) is 13.2 Å². The molecule has 0 aromatic heterocycles. The Bertz CT molecular complexity index is 644. The van der Waals surface area contributed by atoms with Gasteiger partial charge in [0, 0.05) is 131 Å². The van der Waals surface area contributed by atoms with Crippen LogP contribution < -0.4 is 0 Å². The van der Waals surface area contributed by atoms with Crippen LogP contribution in [-0.4, -0.2) is 0 Å². The Morgan fingerprint density at radius 3 is 1.04 bits per heavy atom. The number of rotatable bonds is 2. The van der Waals surface area contributed by atoms with Gasteiger partial charge in [-0.3, -0.25) is 29.8 Å². The predicted molar refractivity (Wildman–Crippen MR) is 102 cm³/mol. The second-order valence-corrected chi connectivity index (χ2v) is 4.98. The third kappa shape index (κ3) is 19.5. The summed E-state index contributed by atoms with van der Waals surface area (Å²) in [6.07, 6.45) is 2.94. The van der Waals surface area contributed by atoms with Gasteiger partial charge in [0.1, 0.15) is 0 Å². The van der Waals surface area contributed by atoms with E-state index in [9.17, 15) is 0 Å². The first-order valence-corrected chi connectivity index (χ1v) is 7.54. The first-order valence-electron chi connectivity index (χ1n) is 7.54. The van der Waals surface area contributed by atoms with Gasteiger partial charge < -0.3 is 24.8 Å². The Balaban J connectivity index is -0.000000147. The van der Waals surface area contributed by atoms with E-state index in [0.717, 1.165) is 11.1 Å². The van der Waals surface area contributed by atoms with Crippen molar-refractivity contribution in [3.8, 4) is 0 Å². The summed E-state index contributed by atoms with van der Waals surface area (Å²) in [7, 11) is 0. The molecule has 0 unspecified atom stereocenters. The molecule has 0 aliphatic carbocycles. The fourth-order valence-electron chi connectivity index (χ4n) is 1.54. The van der Waals surface area contributed by atoms with Gasteiger partial charge in [-0.05, 0) is 0 Å². The van der Waals surface area contributed by atoms with Crippen molar-refractivity contribution in [3.05, 3.63) is 120 Å². The maximum absolute atomic E-state index is 5.22. The molecule has 0 atom stereocenters. The van der Waals surface area contributed by atoms with E-state index in [-0.39, 0.29) is 131 Å². The fourth-order valence-corrected chi connectivity index (χ4v) is 1.54. The molecule has 0 fully saturated rings. The molecule has 3 aromatic carbocycles. The molecule has 0 heterocycles. The van der Waals surface area contributed by atoms with Crippen LogP contribution in [0.15, 0.2) is 60.7 Å². The van der Waals surface area contributed by atoms with Crippen LogP contribution in [0.2, 0.25) is 0 Å². The Labute approximate surface area is 272 Å². The van der Waals surface area contributed by atoms with Crippen LogP contribution in [0.5, 0.6) is 0 Å². The van der Waals surface area contributed by atoms with Crippen molar-refractivity contribution < 1.29 is 131 Å². The van der Waals surface area contributed by atoms with Gasteiger partial charge in [-0.25, -0.2) is 6.07 Å². The van der Waals surface area contributed by atoms with E-state index in [2.05, 4.69) is 38.1 Å². The molecular weight excluding hydrogens is 644 g/mol. The molecule has 0 aliphatic rings. The van der Waals surface area contributed by atoms with Crippen molar-refractivity contribution >= 4 is 12.2 Å². The van der Waals surface area contributed by atoms with Crippen molar-refractivity contribution in [2.75, 3.05) is 0 Å². The molecule has 4 radical (unpaired) electrons. The SMILES string of the molecule is Cc1cc[c-]cc1.Cc1cc[c-]cc1.[CH-]=Cc1[c-]cc(C=[CH-])[c-]c1.[Y].[Y].[Y].[Y]. The van der Waals surface area contributed by atoms with E-state index >= 15 is 0 Å². The van der Waals surface area contributed by atoms with Crippen LogP contribution in [0.1, 0.15) is 22.3 Å². The van der Waals surface area contributed by atoms with Crippen molar-refractivity contribution in [1.82, 2.24) is 0 Å². The Morgan fingerprint density at radius 2 is 0.893 bits per heavy atom. The van der Waals surface area contributed by atoms with Gasteiger partial charge in [0.05, 0.1) is 0 Å². The Kier molecular flexibility index (Phi) is 32.7. The minimum absolute atomic E-state index is 0. The van der Waals surface area contributed by atoms with Crippen LogP contribution >= 0.6 is 0 Å². The summed E-state index contributed by atoms with van der Waals surface area (Å²) in [5, 5.41) is 0. The van der Waals surface area contributed by atoms with E-state index in [1.165, 1.54) is 23.3 Å². The second kappa shape index (κ2) is 24.8. The maximum atomic E-state index is 5.22. The maximum Gasteiger partial charge on any atom is 0 e. The van der Waals surface area contributed by atoms with Crippen molar-refractivity contribution in [1.29, 1.82) is 0 Å². The zero-order valence-electron chi connectivity index (χ0n) is 16.4. The number of benzene rings is 3. The monoisotopic (exact) mass is 664 g/mol. The molecule has 134 valence electrons. The molecule has 0 saturated carbocycles. The van der Waals surface area contributed by atoms with Gasteiger partial charge in [-0.15, -0.1) is 0 Å². The molecule has 4 heteroatoms. The van der Waals surface area contributed by atoms with Gasteiger partial charge in [0.15, 0.2) is 0 Å². The van der Waals surface area contributed by atoms with Gasteiger partial charge in [0.2, 0.25) is 0 Å². The molecule has 0 N–H and O–H groups in total. The van der Waals surface area contributed by atoms with E-state index in [1.54, 1.807) is 12.1 Å². The third-order valence-corrected chi connectivity index (χ3v) is 2.92. The standard InChI is InChI=1S/C10H6.2C7H7.4Y/c1-3-9-5-7-10(4-2)8-6-9;2*1-7-5-3-2-4-6-7;;;;/h1-5,8H;2*3-6H,1H3;;;;/q-4;2*-1;;;;. The quantitative estimate of drug-likeness (QED) is 0.306. The number of hydrogen-bond acceptors (Lipinski definition) is 0. The summed E-state index contributed by atoms with van der Waals surface area (Å²) < 4.78 is 0.